The van der Waals surface area contributed by atoms with Crippen LogP contribution in [0.3, 0.4) is 0 Å². The van der Waals surface area contributed by atoms with Crippen molar-refractivity contribution in [2.45, 2.75) is 24.8 Å². The van der Waals surface area contributed by atoms with Crippen LogP contribution in [0.25, 0.3) is 0 Å². The second kappa shape index (κ2) is 7.57. The van der Waals surface area contributed by atoms with Crippen LogP contribution in [0.15, 0.2) is 30.3 Å². The van der Waals surface area contributed by atoms with Crippen LogP contribution in [-0.2, 0) is 0 Å². The summed E-state index contributed by atoms with van der Waals surface area (Å²) < 4.78 is 11.0. The second-order valence-electron chi connectivity index (χ2n) is 6.39. The summed E-state index contributed by atoms with van der Waals surface area (Å²) in [5.41, 5.74) is 12.7. The average Bonchev–Trinajstić information content (AvgIpc) is 2.58. The van der Waals surface area contributed by atoms with Crippen LogP contribution in [0.4, 0.5) is 11.8 Å². The molecule has 1 aliphatic rings. The van der Waals surface area contributed by atoms with Crippen molar-refractivity contribution in [1.29, 1.82) is 0 Å². The van der Waals surface area contributed by atoms with Gasteiger partial charge in [0.1, 0.15) is 23.9 Å². The number of hydrogen-bond donors (Lipinski definition) is 2. The summed E-state index contributed by atoms with van der Waals surface area (Å²) in [4.78, 5) is 10.7. The van der Waals surface area contributed by atoms with Gasteiger partial charge in [-0.3, -0.25) is 0 Å². The molecule has 3 rings (SSSR count). The van der Waals surface area contributed by atoms with Gasteiger partial charge in [-0.2, -0.15) is 4.98 Å². The molecule has 0 spiro atoms. The lowest BCUT2D eigenvalue weighted by atomic mass is 9.78. The van der Waals surface area contributed by atoms with Gasteiger partial charge in [-0.05, 0) is 25.0 Å². The van der Waals surface area contributed by atoms with Crippen LogP contribution in [0.5, 0.6) is 11.5 Å². The molecule has 134 valence electrons. The van der Waals surface area contributed by atoms with Crippen molar-refractivity contribution < 1.29 is 9.47 Å². The maximum atomic E-state index is 5.87. The van der Waals surface area contributed by atoms with E-state index in [1.807, 2.05) is 42.3 Å². The minimum atomic E-state index is 0.277. The van der Waals surface area contributed by atoms with Gasteiger partial charge in [0.15, 0.2) is 0 Å². The number of nitrogens with zero attached hydrogens (tertiary/aromatic N) is 3. The van der Waals surface area contributed by atoms with Crippen LogP contribution in [-0.4, -0.2) is 43.3 Å². The Labute approximate surface area is 148 Å². The van der Waals surface area contributed by atoms with E-state index in [9.17, 15) is 0 Å². The number of rotatable bonds is 7. The first kappa shape index (κ1) is 17.3. The third kappa shape index (κ3) is 4.30. The van der Waals surface area contributed by atoms with Crippen LogP contribution in [0.1, 0.15) is 24.5 Å². The molecule has 0 amide bonds. The standard InChI is InChI=1S/C18H25N5O2/c1-23(6-7-25-15-5-3-4-14(10-15)24-2)17-11-16(21-18(20)22-17)12-8-13(19)9-12/h3-5,10-13H,6-9,19H2,1-2H3,(H2,20,21,22). The maximum absolute atomic E-state index is 5.87. The summed E-state index contributed by atoms with van der Waals surface area (Å²) >= 11 is 0. The van der Waals surface area contributed by atoms with Crippen molar-refractivity contribution in [1.82, 2.24) is 9.97 Å². The number of nitrogen functional groups attached to an aromatic ring is 1. The fourth-order valence-electron chi connectivity index (χ4n) is 2.89. The topological polar surface area (TPSA) is 99.5 Å². The Hall–Kier alpha value is -2.54. The Kier molecular flexibility index (Phi) is 5.23. The molecule has 4 N–H and O–H groups in total. The zero-order valence-electron chi connectivity index (χ0n) is 14.7. The van der Waals surface area contributed by atoms with Crippen molar-refractivity contribution in [3.63, 3.8) is 0 Å². The fourth-order valence-corrected chi connectivity index (χ4v) is 2.89. The molecular weight excluding hydrogens is 318 g/mol. The Balaban J connectivity index is 1.58. The molecule has 1 heterocycles. The summed E-state index contributed by atoms with van der Waals surface area (Å²) in [5, 5.41) is 0. The lowest BCUT2D eigenvalue weighted by Crippen LogP contribution is -2.35. The molecule has 0 aliphatic heterocycles. The largest absolute Gasteiger partial charge is 0.497 e. The van der Waals surface area contributed by atoms with E-state index in [1.54, 1.807) is 7.11 Å². The van der Waals surface area contributed by atoms with E-state index in [1.165, 1.54) is 0 Å². The molecule has 0 saturated heterocycles. The van der Waals surface area contributed by atoms with E-state index in [4.69, 9.17) is 20.9 Å². The summed E-state index contributed by atoms with van der Waals surface area (Å²) in [6, 6.07) is 9.83. The highest BCUT2D eigenvalue weighted by molar-refractivity contribution is 5.44. The van der Waals surface area contributed by atoms with Crippen LogP contribution in [0.2, 0.25) is 0 Å². The van der Waals surface area contributed by atoms with E-state index >= 15 is 0 Å². The summed E-state index contributed by atoms with van der Waals surface area (Å²) in [5.74, 6) is 3.04. The number of ether oxygens (including phenoxy) is 2. The molecule has 25 heavy (non-hydrogen) atoms. The zero-order valence-corrected chi connectivity index (χ0v) is 14.7. The van der Waals surface area contributed by atoms with E-state index in [-0.39, 0.29) is 6.04 Å². The lowest BCUT2D eigenvalue weighted by molar-refractivity contribution is 0.322. The quantitative estimate of drug-likeness (QED) is 0.790. The Bertz CT molecular complexity index is 718. The number of aromatic nitrogens is 2. The molecular formula is C18H25N5O2. The molecule has 7 nitrogen and oxygen atoms in total. The molecule has 7 heteroatoms. The van der Waals surface area contributed by atoms with Gasteiger partial charge in [-0.1, -0.05) is 6.07 Å². The van der Waals surface area contributed by atoms with E-state index in [0.29, 0.717) is 25.0 Å². The summed E-state index contributed by atoms with van der Waals surface area (Å²) in [7, 11) is 3.60. The van der Waals surface area contributed by atoms with Crippen molar-refractivity contribution in [3.8, 4) is 11.5 Å². The van der Waals surface area contributed by atoms with Gasteiger partial charge in [0, 0.05) is 31.1 Å². The fraction of sp³-hybridized carbons (Fsp3) is 0.444. The molecule has 0 radical (unpaired) electrons. The highest BCUT2D eigenvalue weighted by Gasteiger charge is 2.29. The second-order valence-corrected chi connectivity index (χ2v) is 6.39. The molecule has 1 aromatic carbocycles. The van der Waals surface area contributed by atoms with Crippen LogP contribution in [0, 0.1) is 0 Å². The van der Waals surface area contributed by atoms with Gasteiger partial charge in [0.25, 0.3) is 0 Å². The number of benzene rings is 1. The highest BCUT2D eigenvalue weighted by atomic mass is 16.5. The molecule has 0 atom stereocenters. The van der Waals surface area contributed by atoms with Gasteiger partial charge >= 0.3 is 0 Å². The molecule has 0 unspecified atom stereocenters. The third-order valence-corrected chi connectivity index (χ3v) is 4.47. The molecule has 0 bridgehead atoms. The van der Waals surface area contributed by atoms with Crippen molar-refractivity contribution in [2.75, 3.05) is 37.9 Å². The molecule has 2 aromatic rings. The summed E-state index contributed by atoms with van der Waals surface area (Å²) in [6.07, 6.45) is 1.91. The van der Waals surface area contributed by atoms with E-state index in [2.05, 4.69) is 9.97 Å². The molecule has 1 aliphatic carbocycles. The Morgan fingerprint density at radius 3 is 2.68 bits per heavy atom. The predicted octanol–water partition coefficient (Wildman–Crippen LogP) is 1.79. The van der Waals surface area contributed by atoms with Gasteiger partial charge < -0.3 is 25.8 Å². The minimum absolute atomic E-state index is 0.277. The van der Waals surface area contributed by atoms with E-state index < -0.39 is 0 Å². The number of hydrogen-bond acceptors (Lipinski definition) is 7. The first-order valence-corrected chi connectivity index (χ1v) is 8.43. The molecule has 1 saturated carbocycles. The van der Waals surface area contributed by atoms with Gasteiger partial charge in [-0.25, -0.2) is 4.98 Å². The number of methoxy groups -OCH3 is 1. The smallest absolute Gasteiger partial charge is 0.222 e. The predicted molar refractivity (Wildman–Crippen MR) is 98.2 cm³/mol. The van der Waals surface area contributed by atoms with Crippen molar-refractivity contribution >= 4 is 11.8 Å². The van der Waals surface area contributed by atoms with E-state index in [0.717, 1.165) is 35.9 Å². The van der Waals surface area contributed by atoms with Gasteiger partial charge in [0.05, 0.1) is 19.3 Å². The number of anilines is 2. The monoisotopic (exact) mass is 343 g/mol. The first-order valence-electron chi connectivity index (χ1n) is 8.43. The summed E-state index contributed by atoms with van der Waals surface area (Å²) in [6.45, 7) is 1.20. The maximum Gasteiger partial charge on any atom is 0.222 e. The van der Waals surface area contributed by atoms with Crippen molar-refractivity contribution in [3.05, 3.63) is 36.0 Å². The normalized spacial score (nSPS) is 19.2. The SMILES string of the molecule is COc1cccc(OCCN(C)c2cc(C3CC(N)C3)nc(N)n2)c1. The lowest BCUT2D eigenvalue weighted by Gasteiger charge is -2.32. The molecule has 1 fully saturated rings. The van der Waals surface area contributed by atoms with Crippen LogP contribution < -0.4 is 25.8 Å². The Morgan fingerprint density at radius 2 is 1.96 bits per heavy atom. The van der Waals surface area contributed by atoms with Gasteiger partial charge in [-0.15, -0.1) is 0 Å². The van der Waals surface area contributed by atoms with Crippen molar-refractivity contribution in [2.24, 2.45) is 5.73 Å². The van der Waals surface area contributed by atoms with Gasteiger partial charge in [0.2, 0.25) is 5.95 Å². The third-order valence-electron chi connectivity index (χ3n) is 4.47. The minimum Gasteiger partial charge on any atom is -0.497 e. The van der Waals surface area contributed by atoms with Crippen LogP contribution >= 0.6 is 0 Å². The number of nitrogens with two attached hydrogens (primary N) is 2. The Morgan fingerprint density at radius 1 is 1.20 bits per heavy atom. The number of likely N-dealkylation sites (N-methyl/N-ethyl adjacent to an activating group) is 1. The zero-order chi connectivity index (χ0) is 17.8. The highest BCUT2D eigenvalue weighted by Crippen LogP contribution is 2.35. The average molecular weight is 343 g/mol. The first-order chi connectivity index (χ1) is 12.0. The molecule has 1 aromatic heterocycles.